The Hall–Kier alpha value is -2.15. The zero-order chi connectivity index (χ0) is 14.3. The fraction of sp³-hybridized carbons (Fsp3) is 0.167. The maximum Gasteiger partial charge on any atom is 0.388 e. The van der Waals surface area contributed by atoms with E-state index < -0.39 is 6.61 Å². The van der Waals surface area contributed by atoms with Crippen LogP contribution in [0.25, 0.3) is 22.2 Å². The number of nitrogens with one attached hydrogen (secondary N) is 1. The Balaban J connectivity index is 2.09. The number of aryl methyl sites for hydroxylation is 1. The van der Waals surface area contributed by atoms with Crippen LogP contribution < -0.4 is 4.74 Å². The van der Waals surface area contributed by atoms with Crippen LogP contribution in [0, 0.1) is 0 Å². The second kappa shape index (κ2) is 4.75. The third kappa shape index (κ3) is 2.09. The summed E-state index contributed by atoms with van der Waals surface area (Å²) in [6.45, 7) is -2.95. The Labute approximate surface area is 117 Å². The van der Waals surface area contributed by atoms with Crippen molar-refractivity contribution in [2.24, 2.45) is 7.05 Å². The second-order valence-corrected chi connectivity index (χ2v) is 4.52. The highest BCUT2D eigenvalue weighted by Gasteiger charge is 2.20. The van der Waals surface area contributed by atoms with E-state index >= 15 is 0 Å². The third-order valence-electron chi connectivity index (χ3n) is 2.86. The smallest absolute Gasteiger partial charge is 0.388 e. The summed E-state index contributed by atoms with van der Waals surface area (Å²) < 4.78 is 30.2. The maximum absolute atomic E-state index is 12.3. The van der Waals surface area contributed by atoms with E-state index in [2.05, 4.69) is 20.0 Å². The molecule has 0 aliphatic rings. The van der Waals surface area contributed by atoms with E-state index in [4.69, 9.17) is 11.6 Å². The Bertz CT molecular complexity index is 768. The van der Waals surface area contributed by atoms with E-state index in [0.29, 0.717) is 11.3 Å². The van der Waals surface area contributed by atoms with Crippen LogP contribution in [0.15, 0.2) is 24.4 Å². The molecule has 5 nitrogen and oxygen atoms in total. The highest BCUT2D eigenvalue weighted by Crippen LogP contribution is 2.36. The molecular weight excluding hydrogens is 290 g/mol. The van der Waals surface area contributed by atoms with Crippen LogP contribution in [0.4, 0.5) is 8.78 Å². The number of alkyl halides is 2. The number of rotatable bonds is 3. The van der Waals surface area contributed by atoms with E-state index in [1.54, 1.807) is 18.3 Å². The predicted molar refractivity (Wildman–Crippen MR) is 69.9 cm³/mol. The lowest BCUT2D eigenvalue weighted by Gasteiger charge is -2.03. The Morgan fingerprint density at radius 1 is 1.40 bits per heavy atom. The van der Waals surface area contributed by atoms with Crippen LogP contribution >= 0.6 is 11.6 Å². The van der Waals surface area contributed by atoms with Crippen LogP contribution in [-0.2, 0) is 7.05 Å². The second-order valence-electron chi connectivity index (χ2n) is 4.14. The number of hydrogen-bond acceptors (Lipinski definition) is 3. The summed E-state index contributed by atoms with van der Waals surface area (Å²) in [5.41, 5.74) is 1.87. The molecule has 20 heavy (non-hydrogen) atoms. The van der Waals surface area contributed by atoms with Gasteiger partial charge in [-0.05, 0) is 6.07 Å². The van der Waals surface area contributed by atoms with Crippen LogP contribution in [-0.4, -0.2) is 26.6 Å². The molecule has 0 radical (unpaired) electrons. The van der Waals surface area contributed by atoms with E-state index in [9.17, 15) is 8.78 Å². The molecule has 0 aliphatic carbocycles. The maximum atomic E-state index is 12.3. The highest BCUT2D eigenvalue weighted by molar-refractivity contribution is 6.34. The van der Waals surface area contributed by atoms with Crippen molar-refractivity contribution < 1.29 is 13.5 Å². The molecule has 3 aromatic rings. The zero-order valence-electron chi connectivity index (χ0n) is 10.3. The molecular formula is C12H9ClF2N4O. The summed E-state index contributed by atoms with van der Waals surface area (Å²) in [6, 6.07) is 5.42. The summed E-state index contributed by atoms with van der Waals surface area (Å²) in [4.78, 5) is 0. The zero-order valence-corrected chi connectivity index (χ0v) is 11.0. The summed E-state index contributed by atoms with van der Waals surface area (Å²) in [5.74, 6) is -0.165. The minimum atomic E-state index is -2.95. The quantitative estimate of drug-likeness (QED) is 0.808. The monoisotopic (exact) mass is 298 g/mol. The van der Waals surface area contributed by atoms with E-state index in [-0.39, 0.29) is 10.9 Å². The molecule has 2 aromatic heterocycles. The average molecular weight is 299 g/mol. The van der Waals surface area contributed by atoms with Crippen molar-refractivity contribution >= 4 is 22.5 Å². The first kappa shape index (κ1) is 12.9. The third-order valence-corrected chi connectivity index (χ3v) is 3.20. The normalized spacial score (nSPS) is 11.4. The lowest BCUT2D eigenvalue weighted by molar-refractivity contribution is -0.0552. The lowest BCUT2D eigenvalue weighted by Crippen LogP contribution is -2.06. The van der Waals surface area contributed by atoms with Gasteiger partial charge in [-0.3, -0.25) is 5.10 Å². The molecule has 0 bridgehead atoms. The first-order chi connectivity index (χ1) is 9.56. The first-order valence-electron chi connectivity index (χ1n) is 5.67. The molecule has 0 spiro atoms. The van der Waals surface area contributed by atoms with Crippen molar-refractivity contribution in [3.8, 4) is 17.1 Å². The largest absolute Gasteiger partial charge is 0.416 e. The minimum absolute atomic E-state index is 0.0478. The molecule has 1 aromatic carbocycles. The van der Waals surface area contributed by atoms with E-state index in [0.717, 1.165) is 10.9 Å². The van der Waals surface area contributed by atoms with Gasteiger partial charge >= 0.3 is 6.61 Å². The number of benzene rings is 1. The van der Waals surface area contributed by atoms with Gasteiger partial charge in [0.05, 0.1) is 11.7 Å². The van der Waals surface area contributed by atoms with Gasteiger partial charge in [-0.1, -0.05) is 23.7 Å². The molecule has 0 aliphatic heterocycles. The molecule has 1 N–H and O–H groups in total. The van der Waals surface area contributed by atoms with Gasteiger partial charge in [-0.15, -0.1) is 0 Å². The van der Waals surface area contributed by atoms with Crippen molar-refractivity contribution in [2.45, 2.75) is 6.61 Å². The van der Waals surface area contributed by atoms with Crippen LogP contribution in [0.5, 0.6) is 5.88 Å². The van der Waals surface area contributed by atoms with Crippen molar-refractivity contribution in [1.82, 2.24) is 20.0 Å². The Morgan fingerprint density at radius 3 is 2.95 bits per heavy atom. The molecule has 2 heterocycles. The van der Waals surface area contributed by atoms with Crippen molar-refractivity contribution in [1.29, 1.82) is 0 Å². The van der Waals surface area contributed by atoms with E-state index in [1.807, 2.05) is 6.07 Å². The summed E-state index contributed by atoms with van der Waals surface area (Å²) in [7, 11) is 1.49. The molecule has 0 fully saturated rings. The predicted octanol–water partition coefficient (Wildman–Crippen LogP) is 3.22. The van der Waals surface area contributed by atoms with Gasteiger partial charge < -0.3 is 4.74 Å². The number of halogens is 3. The number of nitrogens with zero attached hydrogens (tertiary/aromatic N) is 3. The van der Waals surface area contributed by atoms with Crippen LogP contribution in [0.3, 0.4) is 0 Å². The standard InChI is InChI=1S/C12H9ClF2N4O/c1-19-11(20-12(14)15)9(13)10(18-19)6-2-3-7-5-16-17-8(7)4-6/h2-5,12H,1H3,(H,16,17). The van der Waals surface area contributed by atoms with Crippen LogP contribution in [0.2, 0.25) is 5.02 Å². The molecule has 0 saturated carbocycles. The van der Waals surface area contributed by atoms with Crippen LogP contribution in [0.1, 0.15) is 0 Å². The summed E-state index contributed by atoms with van der Waals surface area (Å²) >= 11 is 6.07. The first-order valence-corrected chi connectivity index (χ1v) is 6.05. The topological polar surface area (TPSA) is 55.7 Å². The molecule has 8 heteroatoms. The number of H-pyrrole nitrogens is 1. The van der Waals surface area contributed by atoms with Gasteiger partial charge in [0.25, 0.3) is 0 Å². The van der Waals surface area contributed by atoms with Gasteiger partial charge in [-0.25, -0.2) is 4.68 Å². The highest BCUT2D eigenvalue weighted by atomic mass is 35.5. The van der Waals surface area contributed by atoms with Gasteiger partial charge in [0.2, 0.25) is 5.88 Å². The van der Waals surface area contributed by atoms with Gasteiger partial charge in [0.15, 0.2) is 0 Å². The van der Waals surface area contributed by atoms with Gasteiger partial charge in [-0.2, -0.15) is 19.0 Å². The van der Waals surface area contributed by atoms with E-state index in [1.165, 1.54) is 11.7 Å². The van der Waals surface area contributed by atoms with Crippen molar-refractivity contribution in [3.05, 3.63) is 29.4 Å². The molecule has 0 saturated heterocycles. The fourth-order valence-corrected chi connectivity index (χ4v) is 2.28. The molecule has 3 rings (SSSR count). The average Bonchev–Trinajstić information content (AvgIpc) is 2.97. The number of aromatic amines is 1. The lowest BCUT2D eigenvalue weighted by atomic mass is 10.1. The fourth-order valence-electron chi connectivity index (χ4n) is 1.96. The summed E-state index contributed by atoms with van der Waals surface area (Å²) in [5, 5.41) is 11.8. The molecule has 0 unspecified atom stereocenters. The minimum Gasteiger partial charge on any atom is -0.416 e. The molecule has 104 valence electrons. The van der Waals surface area contributed by atoms with Crippen molar-refractivity contribution in [2.75, 3.05) is 0 Å². The Morgan fingerprint density at radius 2 is 2.20 bits per heavy atom. The Kier molecular flexibility index (Phi) is 3.06. The summed E-state index contributed by atoms with van der Waals surface area (Å²) in [6.07, 6.45) is 1.68. The number of hydrogen-bond donors (Lipinski definition) is 1. The van der Waals surface area contributed by atoms with Gasteiger partial charge in [0, 0.05) is 18.0 Å². The number of ether oxygens (including phenoxy) is 1. The molecule has 0 atom stereocenters. The van der Waals surface area contributed by atoms with Crippen molar-refractivity contribution in [3.63, 3.8) is 0 Å². The molecule has 0 amide bonds. The SMILES string of the molecule is Cn1nc(-c2ccc3cn[nH]c3c2)c(Cl)c1OC(F)F. The number of fused-ring (bicyclic) bond motifs is 1. The van der Waals surface area contributed by atoms with Gasteiger partial charge in [0.1, 0.15) is 10.7 Å². The number of aromatic nitrogens is 4.